The molecule has 0 spiro atoms. The topological polar surface area (TPSA) is 44.0 Å². The van der Waals surface area contributed by atoms with E-state index in [4.69, 9.17) is 5.26 Å². The molecular weight excluding hydrogens is 222 g/mol. The van der Waals surface area contributed by atoms with Crippen LogP contribution in [0.2, 0.25) is 0 Å². The molecule has 0 saturated carbocycles. The molecule has 1 N–H and O–H groups in total. The van der Waals surface area contributed by atoms with Gasteiger partial charge in [-0.15, -0.1) is 0 Å². The van der Waals surface area contributed by atoms with Crippen molar-refractivity contribution >= 4 is 6.08 Å². The van der Waals surface area contributed by atoms with Crippen molar-refractivity contribution in [2.24, 2.45) is 0 Å². The maximum atomic E-state index is 9.20. The summed E-state index contributed by atoms with van der Waals surface area (Å²) >= 11 is 0. The van der Waals surface area contributed by atoms with Gasteiger partial charge in [-0.25, -0.2) is 0 Å². The van der Waals surface area contributed by atoms with E-state index in [1.54, 1.807) is 12.1 Å². The number of nitrogens with zero attached hydrogens (tertiary/aromatic N) is 1. The molecule has 0 aliphatic carbocycles. The first-order valence-corrected chi connectivity index (χ1v) is 5.71. The van der Waals surface area contributed by atoms with Gasteiger partial charge < -0.3 is 5.11 Å². The number of allylic oxidation sites excluding steroid dienone is 1. The van der Waals surface area contributed by atoms with Crippen LogP contribution in [-0.2, 0) is 6.42 Å². The van der Waals surface area contributed by atoms with Gasteiger partial charge in [0.25, 0.3) is 0 Å². The van der Waals surface area contributed by atoms with E-state index in [1.165, 1.54) is 0 Å². The Bertz CT molecular complexity index is 577. The zero-order chi connectivity index (χ0) is 12.8. The predicted molar refractivity (Wildman–Crippen MR) is 71.8 cm³/mol. The SMILES string of the molecule is N#CC(=Cc1ccccc1)Cc1ccc(O)cc1. The Labute approximate surface area is 106 Å². The third-order valence-electron chi connectivity index (χ3n) is 2.61. The Morgan fingerprint density at radius 1 is 1.06 bits per heavy atom. The van der Waals surface area contributed by atoms with E-state index in [9.17, 15) is 5.11 Å². The maximum absolute atomic E-state index is 9.20. The first kappa shape index (κ1) is 11.9. The normalized spacial score (nSPS) is 10.9. The van der Waals surface area contributed by atoms with E-state index >= 15 is 0 Å². The van der Waals surface area contributed by atoms with Crippen molar-refractivity contribution in [2.75, 3.05) is 0 Å². The van der Waals surface area contributed by atoms with Gasteiger partial charge in [0.05, 0.1) is 6.07 Å². The van der Waals surface area contributed by atoms with E-state index in [0.717, 1.165) is 11.1 Å². The van der Waals surface area contributed by atoms with Gasteiger partial charge in [0, 0.05) is 12.0 Å². The van der Waals surface area contributed by atoms with Crippen molar-refractivity contribution in [3.63, 3.8) is 0 Å². The molecule has 2 heteroatoms. The van der Waals surface area contributed by atoms with E-state index < -0.39 is 0 Å². The van der Waals surface area contributed by atoms with Crippen LogP contribution < -0.4 is 0 Å². The molecule has 0 atom stereocenters. The fourth-order valence-corrected chi connectivity index (χ4v) is 1.71. The van der Waals surface area contributed by atoms with Gasteiger partial charge in [-0.05, 0) is 29.3 Å². The maximum Gasteiger partial charge on any atom is 0.115 e. The van der Waals surface area contributed by atoms with Gasteiger partial charge in [0.1, 0.15) is 5.75 Å². The lowest BCUT2D eigenvalue weighted by Crippen LogP contribution is -1.88. The number of rotatable bonds is 3. The van der Waals surface area contributed by atoms with Crippen molar-refractivity contribution in [1.29, 1.82) is 5.26 Å². The summed E-state index contributed by atoms with van der Waals surface area (Å²) in [5.74, 6) is 0.240. The summed E-state index contributed by atoms with van der Waals surface area (Å²) in [6.07, 6.45) is 2.46. The number of benzene rings is 2. The number of hydrogen-bond donors (Lipinski definition) is 1. The van der Waals surface area contributed by atoms with Crippen LogP contribution in [0.4, 0.5) is 0 Å². The van der Waals surface area contributed by atoms with E-state index in [2.05, 4.69) is 6.07 Å². The summed E-state index contributed by atoms with van der Waals surface area (Å²) in [4.78, 5) is 0. The highest BCUT2D eigenvalue weighted by Gasteiger charge is 1.99. The van der Waals surface area contributed by atoms with Crippen LogP contribution in [0, 0.1) is 11.3 Å². The van der Waals surface area contributed by atoms with Gasteiger partial charge >= 0.3 is 0 Å². The first-order chi connectivity index (χ1) is 8.78. The second-order valence-electron chi connectivity index (χ2n) is 4.04. The molecule has 0 fully saturated rings. The van der Waals surface area contributed by atoms with E-state index in [0.29, 0.717) is 12.0 Å². The third-order valence-corrected chi connectivity index (χ3v) is 2.61. The second-order valence-corrected chi connectivity index (χ2v) is 4.04. The van der Waals surface area contributed by atoms with Gasteiger partial charge in [0.2, 0.25) is 0 Å². The van der Waals surface area contributed by atoms with Crippen LogP contribution in [0.25, 0.3) is 6.08 Å². The first-order valence-electron chi connectivity index (χ1n) is 5.71. The quantitative estimate of drug-likeness (QED) is 0.827. The lowest BCUT2D eigenvalue weighted by molar-refractivity contribution is 0.475. The molecule has 0 bridgehead atoms. The van der Waals surface area contributed by atoms with Crippen molar-refractivity contribution in [3.05, 3.63) is 71.3 Å². The molecule has 0 unspecified atom stereocenters. The summed E-state index contributed by atoms with van der Waals surface area (Å²) in [5, 5.41) is 18.3. The van der Waals surface area contributed by atoms with Crippen LogP contribution in [0.3, 0.4) is 0 Å². The molecule has 18 heavy (non-hydrogen) atoms. The molecule has 0 aromatic heterocycles. The second kappa shape index (κ2) is 5.70. The zero-order valence-electron chi connectivity index (χ0n) is 9.88. The molecule has 88 valence electrons. The van der Waals surface area contributed by atoms with E-state index in [-0.39, 0.29) is 5.75 Å². The Morgan fingerprint density at radius 2 is 1.72 bits per heavy atom. The minimum Gasteiger partial charge on any atom is -0.508 e. The molecule has 0 heterocycles. The van der Waals surface area contributed by atoms with Gasteiger partial charge in [-0.3, -0.25) is 0 Å². The predicted octanol–water partition coefficient (Wildman–Crippen LogP) is 3.54. The molecule has 0 radical (unpaired) electrons. The summed E-state index contributed by atoms with van der Waals surface area (Å²) in [5.41, 5.74) is 2.73. The fraction of sp³-hybridized carbons (Fsp3) is 0.0625. The number of hydrogen-bond acceptors (Lipinski definition) is 2. The zero-order valence-corrected chi connectivity index (χ0v) is 9.88. The van der Waals surface area contributed by atoms with Crippen LogP contribution >= 0.6 is 0 Å². The largest absolute Gasteiger partial charge is 0.508 e. The highest BCUT2D eigenvalue weighted by atomic mass is 16.3. The van der Waals surface area contributed by atoms with E-state index in [1.807, 2.05) is 48.5 Å². The van der Waals surface area contributed by atoms with Gasteiger partial charge in [0.15, 0.2) is 0 Å². The molecule has 0 aliphatic rings. The molecule has 0 aliphatic heterocycles. The summed E-state index contributed by atoms with van der Waals surface area (Å²) in [6.45, 7) is 0. The number of nitriles is 1. The summed E-state index contributed by atoms with van der Waals surface area (Å²) < 4.78 is 0. The Kier molecular flexibility index (Phi) is 3.78. The average Bonchev–Trinajstić information content (AvgIpc) is 2.41. The third kappa shape index (κ3) is 3.23. The Balaban J connectivity index is 2.18. The molecule has 0 saturated heterocycles. The number of phenolic OH excluding ortho intramolecular Hbond substituents is 1. The Morgan fingerprint density at radius 3 is 2.33 bits per heavy atom. The van der Waals surface area contributed by atoms with Crippen LogP contribution in [0.5, 0.6) is 5.75 Å². The number of phenols is 1. The minimum atomic E-state index is 0.240. The van der Waals surface area contributed by atoms with Crippen LogP contribution in [0.15, 0.2) is 60.2 Å². The van der Waals surface area contributed by atoms with Crippen molar-refractivity contribution < 1.29 is 5.11 Å². The lowest BCUT2D eigenvalue weighted by Gasteiger charge is -2.01. The lowest BCUT2D eigenvalue weighted by atomic mass is 10.0. The highest BCUT2D eigenvalue weighted by molar-refractivity contribution is 5.57. The monoisotopic (exact) mass is 235 g/mol. The van der Waals surface area contributed by atoms with Crippen molar-refractivity contribution in [3.8, 4) is 11.8 Å². The highest BCUT2D eigenvalue weighted by Crippen LogP contribution is 2.15. The molecule has 2 aromatic rings. The van der Waals surface area contributed by atoms with Crippen LogP contribution in [-0.4, -0.2) is 5.11 Å². The molecule has 2 nitrogen and oxygen atoms in total. The minimum absolute atomic E-state index is 0.240. The smallest absolute Gasteiger partial charge is 0.115 e. The van der Waals surface area contributed by atoms with Gasteiger partial charge in [-0.1, -0.05) is 42.5 Å². The van der Waals surface area contributed by atoms with Crippen molar-refractivity contribution in [1.82, 2.24) is 0 Å². The number of aromatic hydroxyl groups is 1. The summed E-state index contributed by atoms with van der Waals surface area (Å²) in [7, 11) is 0. The molecule has 0 amide bonds. The molecular formula is C16H13NO. The summed E-state index contributed by atoms with van der Waals surface area (Å²) in [6, 6.07) is 18.9. The van der Waals surface area contributed by atoms with Gasteiger partial charge in [-0.2, -0.15) is 5.26 Å². The van der Waals surface area contributed by atoms with Crippen LogP contribution in [0.1, 0.15) is 11.1 Å². The fourth-order valence-electron chi connectivity index (χ4n) is 1.71. The van der Waals surface area contributed by atoms with Crippen molar-refractivity contribution in [2.45, 2.75) is 6.42 Å². The molecule has 2 aromatic carbocycles. The standard InChI is InChI=1S/C16H13NO/c17-12-15(10-13-4-2-1-3-5-13)11-14-6-8-16(18)9-7-14/h1-10,18H,11H2. The Hall–Kier alpha value is -2.53. The average molecular weight is 235 g/mol. The molecule has 2 rings (SSSR count).